The standard InChI is InChI=1S/C24H25ClN4O4/c1-33-21-7-5-15(25)12-16(21)14-4-6-18-17(11-14)23(31)29-10-9-28(13-20(29)22(30)27-18)24(32)19-3-2-8-26-19/h4-7,11-12,19-20,26H,2-3,8-10,13H2,1H3,(H,27,30). The number of carbonyl (C=O) groups is 3. The first kappa shape index (κ1) is 21.7. The maximum atomic E-state index is 13.5. The van der Waals surface area contributed by atoms with Crippen molar-refractivity contribution in [2.24, 2.45) is 0 Å². The Hall–Kier alpha value is -3.10. The van der Waals surface area contributed by atoms with Crippen molar-refractivity contribution in [3.05, 3.63) is 47.0 Å². The van der Waals surface area contributed by atoms with Crippen molar-refractivity contribution in [1.29, 1.82) is 0 Å². The number of ether oxygens (including phenoxy) is 1. The molecule has 3 aliphatic rings. The Morgan fingerprint density at radius 2 is 1.97 bits per heavy atom. The number of benzene rings is 2. The quantitative estimate of drug-likeness (QED) is 0.721. The molecule has 33 heavy (non-hydrogen) atoms. The van der Waals surface area contributed by atoms with Crippen molar-refractivity contribution in [2.45, 2.75) is 24.9 Å². The van der Waals surface area contributed by atoms with Crippen LogP contribution >= 0.6 is 11.6 Å². The molecule has 0 spiro atoms. The van der Waals surface area contributed by atoms with Gasteiger partial charge >= 0.3 is 0 Å². The summed E-state index contributed by atoms with van der Waals surface area (Å²) >= 11 is 6.19. The van der Waals surface area contributed by atoms with Crippen molar-refractivity contribution in [2.75, 3.05) is 38.6 Å². The first-order valence-electron chi connectivity index (χ1n) is 11.1. The van der Waals surface area contributed by atoms with Gasteiger partial charge < -0.3 is 25.2 Å². The van der Waals surface area contributed by atoms with E-state index in [1.54, 1.807) is 47.2 Å². The Balaban J connectivity index is 1.44. The van der Waals surface area contributed by atoms with E-state index in [2.05, 4.69) is 10.6 Å². The van der Waals surface area contributed by atoms with Crippen molar-refractivity contribution in [3.8, 4) is 16.9 Å². The summed E-state index contributed by atoms with van der Waals surface area (Å²) in [6.07, 6.45) is 1.77. The van der Waals surface area contributed by atoms with Gasteiger partial charge in [0, 0.05) is 23.7 Å². The van der Waals surface area contributed by atoms with Crippen LogP contribution in [-0.4, -0.2) is 72.9 Å². The molecule has 0 aromatic heterocycles. The molecule has 2 fully saturated rings. The van der Waals surface area contributed by atoms with Gasteiger partial charge in [-0.05, 0) is 55.3 Å². The van der Waals surface area contributed by atoms with Gasteiger partial charge in [-0.2, -0.15) is 0 Å². The zero-order valence-electron chi connectivity index (χ0n) is 18.3. The van der Waals surface area contributed by atoms with Crippen LogP contribution in [0.25, 0.3) is 11.1 Å². The molecule has 0 aliphatic carbocycles. The first-order chi connectivity index (χ1) is 16.0. The Bertz CT molecular complexity index is 1130. The fourth-order valence-corrected chi connectivity index (χ4v) is 5.01. The number of anilines is 1. The summed E-state index contributed by atoms with van der Waals surface area (Å²) in [5, 5.41) is 6.66. The third-order valence-corrected chi connectivity index (χ3v) is 6.83. The minimum atomic E-state index is -0.729. The van der Waals surface area contributed by atoms with E-state index in [-0.39, 0.29) is 30.3 Å². The predicted octanol–water partition coefficient (Wildman–Crippen LogP) is 2.37. The van der Waals surface area contributed by atoms with Crippen molar-refractivity contribution < 1.29 is 19.1 Å². The third kappa shape index (κ3) is 3.94. The molecule has 8 nitrogen and oxygen atoms in total. The van der Waals surface area contributed by atoms with Crippen LogP contribution in [0.4, 0.5) is 5.69 Å². The second-order valence-electron chi connectivity index (χ2n) is 8.54. The summed E-state index contributed by atoms with van der Waals surface area (Å²) in [4.78, 5) is 42.7. The molecular weight excluding hydrogens is 444 g/mol. The lowest BCUT2D eigenvalue weighted by molar-refractivity contribution is -0.137. The molecular formula is C24H25ClN4O4. The van der Waals surface area contributed by atoms with Gasteiger partial charge in [-0.3, -0.25) is 14.4 Å². The Labute approximate surface area is 196 Å². The van der Waals surface area contributed by atoms with Gasteiger partial charge in [0.1, 0.15) is 11.8 Å². The lowest BCUT2D eigenvalue weighted by Gasteiger charge is -2.40. The minimum absolute atomic E-state index is 0.00416. The van der Waals surface area contributed by atoms with Gasteiger partial charge in [0.05, 0.1) is 30.9 Å². The molecule has 3 aliphatic heterocycles. The number of piperazine rings is 1. The van der Waals surface area contributed by atoms with Crippen LogP contribution in [0.5, 0.6) is 5.75 Å². The van der Waals surface area contributed by atoms with E-state index in [4.69, 9.17) is 16.3 Å². The largest absolute Gasteiger partial charge is 0.496 e. The Morgan fingerprint density at radius 1 is 1.12 bits per heavy atom. The molecule has 3 heterocycles. The molecule has 2 atom stereocenters. The molecule has 2 aromatic rings. The zero-order chi connectivity index (χ0) is 23.1. The normalized spacial score (nSPS) is 22.4. The average Bonchev–Trinajstić information content (AvgIpc) is 3.35. The molecule has 0 saturated carbocycles. The van der Waals surface area contributed by atoms with Gasteiger partial charge in [0.2, 0.25) is 11.8 Å². The Kier molecular flexibility index (Phi) is 5.72. The van der Waals surface area contributed by atoms with E-state index in [9.17, 15) is 14.4 Å². The molecule has 0 bridgehead atoms. The molecule has 2 unspecified atom stereocenters. The number of carbonyl (C=O) groups excluding carboxylic acids is 3. The number of amides is 3. The number of nitrogens with zero attached hydrogens (tertiary/aromatic N) is 2. The minimum Gasteiger partial charge on any atom is -0.496 e. The summed E-state index contributed by atoms with van der Waals surface area (Å²) in [6, 6.07) is 9.68. The van der Waals surface area contributed by atoms with Crippen LogP contribution in [0.1, 0.15) is 23.2 Å². The molecule has 5 rings (SSSR count). The number of halogens is 1. The van der Waals surface area contributed by atoms with Crippen LogP contribution in [0, 0.1) is 0 Å². The monoisotopic (exact) mass is 468 g/mol. The summed E-state index contributed by atoms with van der Waals surface area (Å²) in [5.74, 6) is 0.119. The van der Waals surface area contributed by atoms with Gasteiger partial charge in [0.15, 0.2) is 0 Å². The van der Waals surface area contributed by atoms with Gasteiger partial charge in [-0.25, -0.2) is 0 Å². The van der Waals surface area contributed by atoms with Crippen LogP contribution in [-0.2, 0) is 9.59 Å². The van der Waals surface area contributed by atoms with E-state index in [1.807, 2.05) is 6.07 Å². The van der Waals surface area contributed by atoms with E-state index in [0.29, 0.717) is 35.1 Å². The first-order valence-corrected chi connectivity index (χ1v) is 11.5. The molecule has 2 aromatic carbocycles. The van der Waals surface area contributed by atoms with Crippen molar-refractivity contribution in [3.63, 3.8) is 0 Å². The average molecular weight is 469 g/mol. The van der Waals surface area contributed by atoms with E-state index in [0.717, 1.165) is 30.5 Å². The summed E-state index contributed by atoms with van der Waals surface area (Å²) in [6.45, 7) is 1.73. The second-order valence-corrected chi connectivity index (χ2v) is 8.98. The number of hydrogen-bond donors (Lipinski definition) is 2. The molecule has 9 heteroatoms. The maximum Gasteiger partial charge on any atom is 0.256 e. The highest BCUT2D eigenvalue weighted by atomic mass is 35.5. The summed E-state index contributed by atoms with van der Waals surface area (Å²) in [5.41, 5.74) is 2.38. The van der Waals surface area contributed by atoms with Gasteiger partial charge in [-0.1, -0.05) is 17.7 Å². The van der Waals surface area contributed by atoms with Crippen LogP contribution in [0.15, 0.2) is 36.4 Å². The molecule has 0 radical (unpaired) electrons. The molecule has 2 saturated heterocycles. The number of nitrogens with one attached hydrogen (secondary N) is 2. The number of methoxy groups -OCH3 is 1. The molecule has 2 N–H and O–H groups in total. The van der Waals surface area contributed by atoms with Crippen LogP contribution < -0.4 is 15.4 Å². The van der Waals surface area contributed by atoms with Crippen molar-refractivity contribution in [1.82, 2.24) is 15.1 Å². The number of rotatable bonds is 3. The maximum absolute atomic E-state index is 13.5. The SMILES string of the molecule is COc1ccc(Cl)cc1-c1ccc2c(c1)C(=O)N1CCN(C(=O)C3CCCN3)CC1C(=O)N2. The molecule has 172 valence electrons. The lowest BCUT2D eigenvalue weighted by atomic mass is 10.00. The van der Waals surface area contributed by atoms with E-state index < -0.39 is 6.04 Å². The molecule has 3 amide bonds. The fourth-order valence-electron chi connectivity index (χ4n) is 4.84. The predicted molar refractivity (Wildman–Crippen MR) is 124 cm³/mol. The summed E-state index contributed by atoms with van der Waals surface area (Å²) < 4.78 is 5.46. The summed E-state index contributed by atoms with van der Waals surface area (Å²) in [7, 11) is 1.58. The van der Waals surface area contributed by atoms with Gasteiger partial charge in [-0.15, -0.1) is 0 Å². The smallest absolute Gasteiger partial charge is 0.256 e. The van der Waals surface area contributed by atoms with Crippen LogP contribution in [0.3, 0.4) is 0 Å². The third-order valence-electron chi connectivity index (χ3n) is 6.59. The van der Waals surface area contributed by atoms with E-state index >= 15 is 0 Å². The number of fused-ring (bicyclic) bond motifs is 2. The zero-order valence-corrected chi connectivity index (χ0v) is 19.0. The highest BCUT2D eigenvalue weighted by Gasteiger charge is 2.41. The highest BCUT2D eigenvalue weighted by Crippen LogP contribution is 2.36. The topological polar surface area (TPSA) is 91.0 Å². The number of hydrogen-bond acceptors (Lipinski definition) is 5. The lowest BCUT2D eigenvalue weighted by Crippen LogP contribution is -2.61. The van der Waals surface area contributed by atoms with Crippen LogP contribution in [0.2, 0.25) is 5.02 Å². The Morgan fingerprint density at radius 3 is 2.73 bits per heavy atom. The highest BCUT2D eigenvalue weighted by molar-refractivity contribution is 6.31. The van der Waals surface area contributed by atoms with Crippen molar-refractivity contribution >= 4 is 35.0 Å². The fraction of sp³-hybridized carbons (Fsp3) is 0.375. The van der Waals surface area contributed by atoms with E-state index in [1.165, 1.54) is 0 Å². The van der Waals surface area contributed by atoms with Gasteiger partial charge in [0.25, 0.3) is 5.91 Å². The second kappa shape index (κ2) is 8.68.